The molecule has 1 fully saturated rings. The number of methoxy groups -OCH3 is 1. The van der Waals surface area contributed by atoms with E-state index in [1.165, 1.54) is 12.7 Å². The summed E-state index contributed by atoms with van der Waals surface area (Å²) in [5.74, 6) is -0.314. The largest absolute Gasteiger partial charge is 0.467 e. The van der Waals surface area contributed by atoms with Crippen LogP contribution in [0.15, 0.2) is 6.20 Å². The molecule has 6 heteroatoms. The summed E-state index contributed by atoms with van der Waals surface area (Å²) in [6.07, 6.45) is 3.04. The van der Waals surface area contributed by atoms with Gasteiger partial charge in [-0.15, -0.1) is 0 Å². The smallest absolute Gasteiger partial charge is 0.336 e. The van der Waals surface area contributed by atoms with Crippen molar-refractivity contribution in [2.24, 2.45) is 0 Å². The first-order valence-electron chi connectivity index (χ1n) is 5.75. The number of H-pyrrole nitrogens is 1. The lowest BCUT2D eigenvalue weighted by Gasteiger charge is -2.38. The molecule has 1 aliphatic heterocycles. The molecule has 0 spiro atoms. The van der Waals surface area contributed by atoms with E-state index in [9.17, 15) is 4.79 Å². The van der Waals surface area contributed by atoms with Crippen molar-refractivity contribution in [1.29, 1.82) is 0 Å². The molecule has 3 atom stereocenters. The van der Waals surface area contributed by atoms with Crippen molar-refractivity contribution in [3.63, 3.8) is 0 Å². The lowest BCUT2D eigenvalue weighted by Crippen LogP contribution is -2.57. The van der Waals surface area contributed by atoms with E-state index >= 15 is 0 Å². The Bertz CT molecular complexity index is 431. The SMILES string of the molecule is COC(=O)[C@H]1CN[C@@H]2Cc3cn[nH]c3C[C@H]2O1. The van der Waals surface area contributed by atoms with Crippen LogP contribution in [0.5, 0.6) is 0 Å². The number of fused-ring (bicyclic) bond motifs is 2. The Morgan fingerprint density at radius 2 is 2.47 bits per heavy atom. The molecule has 0 bridgehead atoms. The number of aromatic amines is 1. The molecule has 1 aromatic heterocycles. The van der Waals surface area contributed by atoms with Gasteiger partial charge in [0.25, 0.3) is 0 Å². The van der Waals surface area contributed by atoms with Crippen LogP contribution in [0.2, 0.25) is 0 Å². The third-order valence-corrected chi connectivity index (χ3v) is 3.47. The Morgan fingerprint density at radius 3 is 3.29 bits per heavy atom. The second-order valence-electron chi connectivity index (χ2n) is 4.48. The standard InChI is InChI=1S/C11H15N3O3/c1-16-11(15)10-5-12-8-2-6-4-13-14-7(6)3-9(8)17-10/h4,8-10,12H,2-3,5H2,1H3,(H,13,14)/t8-,9-,10-/m1/s1. The van der Waals surface area contributed by atoms with Gasteiger partial charge in [-0.05, 0) is 12.0 Å². The van der Waals surface area contributed by atoms with Gasteiger partial charge in [-0.2, -0.15) is 5.10 Å². The maximum atomic E-state index is 11.4. The summed E-state index contributed by atoms with van der Waals surface area (Å²) in [6.45, 7) is 0.515. The normalized spacial score (nSPS) is 31.5. The van der Waals surface area contributed by atoms with Crippen molar-refractivity contribution in [3.8, 4) is 0 Å². The highest BCUT2D eigenvalue weighted by molar-refractivity contribution is 5.75. The van der Waals surface area contributed by atoms with Gasteiger partial charge < -0.3 is 14.8 Å². The summed E-state index contributed by atoms with van der Waals surface area (Å²) in [4.78, 5) is 11.4. The van der Waals surface area contributed by atoms with Crippen LogP contribution in [0, 0.1) is 0 Å². The molecule has 1 saturated heterocycles. The molecule has 1 aromatic rings. The Labute approximate surface area is 98.7 Å². The molecule has 92 valence electrons. The molecule has 0 radical (unpaired) electrons. The molecule has 1 aliphatic carbocycles. The Hall–Kier alpha value is -1.40. The first kappa shape index (κ1) is 10.7. The maximum absolute atomic E-state index is 11.4. The molecule has 0 aromatic carbocycles. The van der Waals surface area contributed by atoms with E-state index in [0.29, 0.717) is 6.54 Å². The minimum absolute atomic E-state index is 0.0146. The van der Waals surface area contributed by atoms with E-state index in [1.54, 1.807) is 0 Å². The molecule has 0 saturated carbocycles. The fourth-order valence-corrected chi connectivity index (χ4v) is 2.54. The van der Waals surface area contributed by atoms with Gasteiger partial charge >= 0.3 is 5.97 Å². The minimum Gasteiger partial charge on any atom is -0.467 e. The lowest BCUT2D eigenvalue weighted by atomic mass is 9.89. The van der Waals surface area contributed by atoms with Gasteiger partial charge in [0, 0.05) is 24.7 Å². The number of hydrogen-bond acceptors (Lipinski definition) is 5. The molecule has 17 heavy (non-hydrogen) atoms. The van der Waals surface area contributed by atoms with E-state index in [-0.39, 0.29) is 18.1 Å². The number of ether oxygens (including phenoxy) is 2. The molecule has 2 heterocycles. The van der Waals surface area contributed by atoms with E-state index < -0.39 is 6.10 Å². The van der Waals surface area contributed by atoms with Crippen LogP contribution in [-0.2, 0) is 27.1 Å². The van der Waals surface area contributed by atoms with Crippen LogP contribution in [-0.4, -0.2) is 48.1 Å². The zero-order valence-corrected chi connectivity index (χ0v) is 9.60. The monoisotopic (exact) mass is 237 g/mol. The zero-order chi connectivity index (χ0) is 11.8. The van der Waals surface area contributed by atoms with Crippen LogP contribution in [0.4, 0.5) is 0 Å². The Balaban J connectivity index is 1.74. The second kappa shape index (κ2) is 4.12. The Kier molecular flexibility index (Phi) is 2.60. The van der Waals surface area contributed by atoms with E-state index in [1.807, 2.05) is 6.20 Å². The van der Waals surface area contributed by atoms with Gasteiger partial charge in [-0.3, -0.25) is 5.10 Å². The summed E-state index contributed by atoms with van der Waals surface area (Å²) < 4.78 is 10.5. The highest BCUT2D eigenvalue weighted by Crippen LogP contribution is 2.25. The van der Waals surface area contributed by atoms with Gasteiger partial charge in [-0.1, -0.05) is 0 Å². The van der Waals surface area contributed by atoms with E-state index in [4.69, 9.17) is 9.47 Å². The Morgan fingerprint density at radius 1 is 1.59 bits per heavy atom. The van der Waals surface area contributed by atoms with Crippen LogP contribution < -0.4 is 5.32 Å². The average molecular weight is 237 g/mol. The molecule has 0 unspecified atom stereocenters. The summed E-state index contributed by atoms with van der Waals surface area (Å²) >= 11 is 0. The van der Waals surface area contributed by atoms with Gasteiger partial charge in [0.1, 0.15) is 0 Å². The van der Waals surface area contributed by atoms with Crippen molar-refractivity contribution < 1.29 is 14.3 Å². The number of nitrogens with zero attached hydrogens (tertiary/aromatic N) is 1. The fourth-order valence-electron chi connectivity index (χ4n) is 2.54. The van der Waals surface area contributed by atoms with Crippen LogP contribution in [0.3, 0.4) is 0 Å². The molecule has 6 nitrogen and oxygen atoms in total. The average Bonchev–Trinajstić information content (AvgIpc) is 2.81. The van der Waals surface area contributed by atoms with Gasteiger partial charge in [0.15, 0.2) is 6.10 Å². The van der Waals surface area contributed by atoms with Crippen LogP contribution in [0.25, 0.3) is 0 Å². The summed E-state index contributed by atoms with van der Waals surface area (Å²) in [5, 5.41) is 10.4. The molecule has 2 aliphatic rings. The van der Waals surface area contributed by atoms with Crippen molar-refractivity contribution in [3.05, 3.63) is 17.5 Å². The van der Waals surface area contributed by atoms with Gasteiger partial charge in [-0.25, -0.2) is 4.79 Å². The highest BCUT2D eigenvalue weighted by atomic mass is 16.6. The first-order valence-corrected chi connectivity index (χ1v) is 5.75. The molecular formula is C11H15N3O3. The predicted octanol–water partition coefficient (Wildman–Crippen LogP) is -0.593. The van der Waals surface area contributed by atoms with Gasteiger partial charge in [0.05, 0.1) is 19.4 Å². The van der Waals surface area contributed by atoms with Crippen LogP contribution >= 0.6 is 0 Å². The van der Waals surface area contributed by atoms with Crippen molar-refractivity contribution in [2.75, 3.05) is 13.7 Å². The van der Waals surface area contributed by atoms with E-state index in [0.717, 1.165) is 18.5 Å². The number of morpholine rings is 1. The number of rotatable bonds is 1. The third-order valence-electron chi connectivity index (χ3n) is 3.47. The molecular weight excluding hydrogens is 222 g/mol. The number of esters is 1. The quantitative estimate of drug-likeness (QED) is 0.638. The number of carbonyl (C=O) groups excluding carboxylic acids is 1. The number of nitrogens with one attached hydrogen (secondary N) is 2. The topological polar surface area (TPSA) is 76.2 Å². The summed E-state index contributed by atoms with van der Waals surface area (Å²) in [7, 11) is 1.38. The molecule has 3 rings (SSSR count). The first-order chi connectivity index (χ1) is 8.28. The predicted molar refractivity (Wildman–Crippen MR) is 58.5 cm³/mol. The van der Waals surface area contributed by atoms with Crippen LogP contribution in [0.1, 0.15) is 11.3 Å². The molecule has 0 amide bonds. The maximum Gasteiger partial charge on any atom is 0.336 e. The number of aromatic nitrogens is 2. The highest BCUT2D eigenvalue weighted by Gasteiger charge is 2.38. The minimum atomic E-state index is -0.495. The second-order valence-corrected chi connectivity index (χ2v) is 4.48. The summed E-state index contributed by atoms with van der Waals surface area (Å²) in [6, 6.07) is 0.265. The fraction of sp³-hybridized carbons (Fsp3) is 0.636. The number of hydrogen-bond donors (Lipinski definition) is 2. The van der Waals surface area contributed by atoms with Crippen molar-refractivity contribution in [2.45, 2.75) is 31.1 Å². The number of carbonyl (C=O) groups is 1. The zero-order valence-electron chi connectivity index (χ0n) is 9.60. The third kappa shape index (κ3) is 1.83. The van der Waals surface area contributed by atoms with Gasteiger partial charge in [0.2, 0.25) is 0 Å². The van der Waals surface area contributed by atoms with Crippen molar-refractivity contribution >= 4 is 5.97 Å². The van der Waals surface area contributed by atoms with E-state index in [2.05, 4.69) is 15.5 Å². The van der Waals surface area contributed by atoms with Crippen molar-refractivity contribution in [1.82, 2.24) is 15.5 Å². The lowest BCUT2D eigenvalue weighted by molar-refractivity contribution is -0.163. The molecule has 2 N–H and O–H groups in total. The summed E-state index contributed by atoms with van der Waals surface area (Å²) in [5.41, 5.74) is 2.34.